The Morgan fingerprint density at radius 2 is 2.06 bits per heavy atom. The highest BCUT2D eigenvalue weighted by molar-refractivity contribution is 14.1. The highest BCUT2D eigenvalue weighted by atomic mass is 127. The molecule has 17 heavy (non-hydrogen) atoms. The summed E-state index contributed by atoms with van der Waals surface area (Å²) in [6.45, 7) is 3.81. The number of hydrogen-bond donors (Lipinski definition) is 2. The van der Waals surface area contributed by atoms with Gasteiger partial charge in [0.15, 0.2) is 0 Å². The van der Waals surface area contributed by atoms with Crippen LogP contribution in [0.15, 0.2) is 18.2 Å². The SMILES string of the molecule is CC(=O)NCCC(=O)Nc1ccc(C)c(I)c1. The number of carbonyl (C=O) groups is 2. The first-order chi connectivity index (χ1) is 7.99. The van der Waals surface area contributed by atoms with Gasteiger partial charge in [-0.3, -0.25) is 9.59 Å². The van der Waals surface area contributed by atoms with E-state index < -0.39 is 0 Å². The van der Waals surface area contributed by atoms with Crippen molar-refractivity contribution < 1.29 is 9.59 Å². The van der Waals surface area contributed by atoms with Crippen molar-refractivity contribution in [2.75, 3.05) is 11.9 Å². The molecule has 0 atom stereocenters. The summed E-state index contributed by atoms with van der Waals surface area (Å²) in [6, 6.07) is 5.76. The monoisotopic (exact) mass is 346 g/mol. The molecule has 2 amide bonds. The second-order valence-corrected chi connectivity index (χ2v) is 4.91. The summed E-state index contributed by atoms with van der Waals surface area (Å²) < 4.78 is 1.11. The van der Waals surface area contributed by atoms with Gasteiger partial charge in [0.05, 0.1) is 0 Å². The molecule has 0 fully saturated rings. The van der Waals surface area contributed by atoms with Gasteiger partial charge in [-0.05, 0) is 47.2 Å². The maximum Gasteiger partial charge on any atom is 0.226 e. The summed E-state index contributed by atoms with van der Waals surface area (Å²) in [4.78, 5) is 22.1. The van der Waals surface area contributed by atoms with E-state index in [1.807, 2.05) is 25.1 Å². The van der Waals surface area contributed by atoms with Crippen LogP contribution in [0.4, 0.5) is 5.69 Å². The first kappa shape index (κ1) is 14.0. The van der Waals surface area contributed by atoms with Crippen LogP contribution in [0.1, 0.15) is 18.9 Å². The van der Waals surface area contributed by atoms with Crippen molar-refractivity contribution in [3.63, 3.8) is 0 Å². The third-order valence-corrected chi connectivity index (χ3v) is 3.34. The Kier molecular flexibility index (Phi) is 5.40. The molecule has 0 spiro atoms. The van der Waals surface area contributed by atoms with Crippen molar-refractivity contribution in [2.45, 2.75) is 20.3 Å². The van der Waals surface area contributed by atoms with Gasteiger partial charge in [0.25, 0.3) is 0 Å². The molecular formula is C12H15IN2O2. The number of halogens is 1. The number of nitrogens with one attached hydrogen (secondary N) is 2. The summed E-state index contributed by atoms with van der Waals surface area (Å²) in [7, 11) is 0. The Bertz CT molecular complexity index is 433. The number of carbonyl (C=O) groups excluding carboxylic acids is 2. The van der Waals surface area contributed by atoms with Crippen molar-refractivity contribution in [3.8, 4) is 0 Å². The van der Waals surface area contributed by atoms with E-state index >= 15 is 0 Å². The fraction of sp³-hybridized carbons (Fsp3) is 0.333. The van der Waals surface area contributed by atoms with Crippen LogP contribution < -0.4 is 10.6 Å². The molecule has 0 bridgehead atoms. The van der Waals surface area contributed by atoms with Crippen LogP contribution in [0.2, 0.25) is 0 Å². The molecule has 0 aliphatic carbocycles. The minimum Gasteiger partial charge on any atom is -0.356 e. The number of anilines is 1. The topological polar surface area (TPSA) is 58.2 Å². The normalized spacial score (nSPS) is 9.82. The van der Waals surface area contributed by atoms with Crippen molar-refractivity contribution in [2.24, 2.45) is 0 Å². The fourth-order valence-corrected chi connectivity index (χ4v) is 1.76. The number of hydrogen-bond acceptors (Lipinski definition) is 2. The van der Waals surface area contributed by atoms with Crippen LogP contribution in [0.5, 0.6) is 0 Å². The molecule has 0 heterocycles. The lowest BCUT2D eigenvalue weighted by Crippen LogP contribution is -2.25. The minimum atomic E-state index is -0.123. The van der Waals surface area contributed by atoms with E-state index in [0.717, 1.165) is 9.26 Å². The lowest BCUT2D eigenvalue weighted by Gasteiger charge is -2.07. The molecule has 2 N–H and O–H groups in total. The van der Waals surface area contributed by atoms with E-state index in [1.54, 1.807) is 0 Å². The van der Waals surface area contributed by atoms with E-state index in [2.05, 4.69) is 33.2 Å². The zero-order valence-electron chi connectivity index (χ0n) is 9.84. The Balaban J connectivity index is 2.45. The van der Waals surface area contributed by atoms with Crippen LogP contribution in [0, 0.1) is 10.5 Å². The Morgan fingerprint density at radius 1 is 1.35 bits per heavy atom. The van der Waals surface area contributed by atoms with Crippen LogP contribution >= 0.6 is 22.6 Å². The highest BCUT2D eigenvalue weighted by Crippen LogP contribution is 2.17. The van der Waals surface area contributed by atoms with Gasteiger partial charge in [-0.2, -0.15) is 0 Å². The first-order valence-corrected chi connectivity index (χ1v) is 6.37. The molecule has 1 aromatic carbocycles. The second kappa shape index (κ2) is 6.58. The van der Waals surface area contributed by atoms with Gasteiger partial charge in [-0.15, -0.1) is 0 Å². The van der Waals surface area contributed by atoms with Gasteiger partial charge in [0.1, 0.15) is 0 Å². The third kappa shape index (κ3) is 5.16. The van der Waals surface area contributed by atoms with Crippen molar-refractivity contribution in [3.05, 3.63) is 27.3 Å². The highest BCUT2D eigenvalue weighted by Gasteiger charge is 2.03. The van der Waals surface area contributed by atoms with E-state index in [-0.39, 0.29) is 18.2 Å². The third-order valence-electron chi connectivity index (χ3n) is 2.18. The predicted molar refractivity (Wildman–Crippen MR) is 75.8 cm³/mol. The van der Waals surface area contributed by atoms with Crippen LogP contribution in [-0.4, -0.2) is 18.4 Å². The molecule has 0 saturated heterocycles. The van der Waals surface area contributed by atoms with Crippen molar-refractivity contribution in [1.29, 1.82) is 0 Å². The van der Waals surface area contributed by atoms with Crippen molar-refractivity contribution in [1.82, 2.24) is 5.32 Å². The van der Waals surface area contributed by atoms with Gasteiger partial charge in [0, 0.05) is 29.1 Å². The molecule has 0 saturated carbocycles. The Labute approximate surface area is 114 Å². The summed E-state index contributed by atoms with van der Waals surface area (Å²) in [5.74, 6) is -0.221. The zero-order valence-corrected chi connectivity index (χ0v) is 12.0. The number of benzene rings is 1. The lowest BCUT2D eigenvalue weighted by atomic mass is 10.2. The molecule has 0 aliphatic heterocycles. The number of amides is 2. The van der Waals surface area contributed by atoms with Crippen LogP contribution in [0.3, 0.4) is 0 Å². The summed E-state index contributed by atoms with van der Waals surface area (Å²) in [5.41, 5.74) is 1.97. The van der Waals surface area contributed by atoms with Gasteiger partial charge in [-0.25, -0.2) is 0 Å². The van der Waals surface area contributed by atoms with Crippen LogP contribution in [0.25, 0.3) is 0 Å². The molecule has 0 unspecified atom stereocenters. The van der Waals surface area contributed by atoms with Gasteiger partial charge < -0.3 is 10.6 Å². The maximum atomic E-state index is 11.5. The summed E-state index contributed by atoms with van der Waals surface area (Å²) >= 11 is 2.23. The second-order valence-electron chi connectivity index (χ2n) is 3.75. The van der Waals surface area contributed by atoms with Gasteiger partial charge in [-0.1, -0.05) is 6.07 Å². The lowest BCUT2D eigenvalue weighted by molar-refractivity contribution is -0.119. The molecule has 5 heteroatoms. The predicted octanol–water partition coefficient (Wildman–Crippen LogP) is 2.06. The van der Waals surface area contributed by atoms with E-state index in [1.165, 1.54) is 12.5 Å². The molecule has 0 radical (unpaired) electrons. The number of aryl methyl sites for hydroxylation is 1. The molecule has 1 aromatic rings. The molecular weight excluding hydrogens is 331 g/mol. The summed E-state index contributed by atoms with van der Waals surface area (Å²) in [6.07, 6.45) is 0.282. The van der Waals surface area contributed by atoms with E-state index in [0.29, 0.717) is 6.54 Å². The van der Waals surface area contributed by atoms with Crippen molar-refractivity contribution >= 4 is 40.1 Å². The van der Waals surface area contributed by atoms with E-state index in [9.17, 15) is 9.59 Å². The quantitative estimate of drug-likeness (QED) is 0.820. The molecule has 0 aliphatic rings. The Hall–Kier alpha value is -1.11. The molecule has 1 rings (SSSR count). The first-order valence-electron chi connectivity index (χ1n) is 5.29. The Morgan fingerprint density at radius 3 is 2.65 bits per heavy atom. The molecule has 92 valence electrons. The maximum absolute atomic E-state index is 11.5. The standard InChI is InChI=1S/C12H15IN2O2/c1-8-3-4-10(7-11(8)13)15-12(17)5-6-14-9(2)16/h3-4,7H,5-6H2,1-2H3,(H,14,16)(H,15,17). The van der Waals surface area contributed by atoms with E-state index in [4.69, 9.17) is 0 Å². The minimum absolute atomic E-state index is 0.0987. The van der Waals surface area contributed by atoms with Crippen LogP contribution in [-0.2, 0) is 9.59 Å². The average Bonchev–Trinajstić information content (AvgIpc) is 2.23. The van der Waals surface area contributed by atoms with Gasteiger partial charge >= 0.3 is 0 Å². The fourth-order valence-electron chi connectivity index (χ4n) is 1.25. The molecule has 0 aromatic heterocycles. The average molecular weight is 346 g/mol. The number of rotatable bonds is 4. The van der Waals surface area contributed by atoms with Gasteiger partial charge in [0.2, 0.25) is 11.8 Å². The smallest absolute Gasteiger partial charge is 0.226 e. The zero-order chi connectivity index (χ0) is 12.8. The largest absolute Gasteiger partial charge is 0.356 e. The summed E-state index contributed by atoms with van der Waals surface area (Å²) in [5, 5.41) is 5.37. The molecule has 4 nitrogen and oxygen atoms in total.